The van der Waals surface area contributed by atoms with E-state index in [-0.39, 0.29) is 29.6 Å². The summed E-state index contributed by atoms with van der Waals surface area (Å²) >= 11 is 0. The Bertz CT molecular complexity index is 1250. The van der Waals surface area contributed by atoms with Crippen LogP contribution in [-0.4, -0.2) is 28.7 Å². The van der Waals surface area contributed by atoms with E-state index in [1.807, 2.05) is 66.7 Å². The topological polar surface area (TPSA) is 57.7 Å². The highest BCUT2D eigenvalue weighted by atomic mass is 16.2. The average Bonchev–Trinajstić information content (AvgIpc) is 3.07. The van der Waals surface area contributed by atoms with Crippen LogP contribution in [0.4, 0.5) is 11.4 Å². The maximum Gasteiger partial charge on any atom is 0.255 e. The predicted octanol–water partition coefficient (Wildman–Crippen LogP) is 5.24. The number of fused-ring (bicyclic) bond motifs is 3. The minimum absolute atomic E-state index is 0.171. The van der Waals surface area contributed by atoms with Gasteiger partial charge in [-0.3, -0.25) is 24.2 Å². The Morgan fingerprint density at radius 1 is 0.722 bits per heavy atom. The van der Waals surface area contributed by atoms with Gasteiger partial charge in [0.05, 0.1) is 23.2 Å². The van der Waals surface area contributed by atoms with Gasteiger partial charge in [0.15, 0.2) is 0 Å². The van der Waals surface area contributed by atoms with Crippen LogP contribution in [0.25, 0.3) is 0 Å². The van der Waals surface area contributed by atoms with E-state index in [9.17, 15) is 14.4 Å². The Morgan fingerprint density at radius 2 is 1.22 bits per heavy atom. The first-order valence-corrected chi connectivity index (χ1v) is 13.0. The standard InChI is InChI=1S/C31H30N2O3/c34-29-24-14-6-7-15-25(24)30(35)33(29)28(20-21-10-2-1-3-11-21)31(36)32-26-16-8-4-12-22(26)18-19-23-13-5-9-17-27(23)32/h1-5,8-13,16-17,24-25,28H,6-7,14-15,18-20H2/t24-,25-,28-/m0/s1. The van der Waals surface area contributed by atoms with Gasteiger partial charge in [0.1, 0.15) is 6.04 Å². The molecule has 0 N–H and O–H groups in total. The molecule has 1 saturated carbocycles. The fraction of sp³-hybridized carbons (Fsp3) is 0.323. The number of carbonyl (C=O) groups is 3. The molecule has 0 radical (unpaired) electrons. The number of carbonyl (C=O) groups excluding carboxylic acids is 3. The van der Waals surface area contributed by atoms with Gasteiger partial charge in [-0.25, -0.2) is 0 Å². The summed E-state index contributed by atoms with van der Waals surface area (Å²) in [7, 11) is 0. The molecular weight excluding hydrogens is 448 g/mol. The SMILES string of the molecule is O=C([C@H](Cc1ccccc1)N1C(=O)[C@H]2CCCC[C@@H]2C1=O)N1c2ccccc2CCc2ccccc21. The third-order valence-corrected chi connectivity index (χ3v) is 8.09. The van der Waals surface area contributed by atoms with Crippen molar-refractivity contribution in [3.63, 3.8) is 0 Å². The van der Waals surface area contributed by atoms with Crippen LogP contribution in [0.5, 0.6) is 0 Å². The first-order chi connectivity index (χ1) is 17.6. The second kappa shape index (κ2) is 9.38. The van der Waals surface area contributed by atoms with E-state index in [1.165, 1.54) is 4.90 Å². The molecule has 3 aromatic carbocycles. The smallest absolute Gasteiger partial charge is 0.255 e. The van der Waals surface area contributed by atoms with Crippen LogP contribution >= 0.6 is 0 Å². The number of imide groups is 1. The van der Waals surface area contributed by atoms with Crippen LogP contribution < -0.4 is 4.90 Å². The molecule has 3 atom stereocenters. The molecule has 2 aliphatic heterocycles. The fourth-order valence-corrected chi connectivity index (χ4v) is 6.29. The molecule has 0 aromatic heterocycles. The number of hydrogen-bond acceptors (Lipinski definition) is 3. The van der Waals surface area contributed by atoms with E-state index in [1.54, 1.807) is 4.90 Å². The molecule has 2 heterocycles. The molecule has 1 aliphatic carbocycles. The lowest BCUT2D eigenvalue weighted by atomic mass is 9.81. The highest BCUT2D eigenvalue weighted by molar-refractivity contribution is 6.12. The summed E-state index contributed by atoms with van der Waals surface area (Å²) in [6.07, 6.45) is 5.33. The van der Waals surface area contributed by atoms with E-state index in [4.69, 9.17) is 0 Å². The quantitative estimate of drug-likeness (QED) is 0.482. The zero-order chi connectivity index (χ0) is 24.6. The lowest BCUT2D eigenvalue weighted by molar-refractivity contribution is -0.147. The third kappa shape index (κ3) is 3.83. The van der Waals surface area contributed by atoms with Crippen molar-refractivity contribution in [2.24, 2.45) is 11.8 Å². The number of para-hydroxylation sites is 2. The third-order valence-electron chi connectivity index (χ3n) is 8.09. The van der Waals surface area contributed by atoms with Crippen LogP contribution in [0.3, 0.4) is 0 Å². The fourth-order valence-electron chi connectivity index (χ4n) is 6.29. The molecule has 5 nitrogen and oxygen atoms in total. The van der Waals surface area contributed by atoms with Gasteiger partial charge in [-0.2, -0.15) is 0 Å². The number of amides is 3. The van der Waals surface area contributed by atoms with Crippen LogP contribution in [-0.2, 0) is 33.6 Å². The van der Waals surface area contributed by atoms with Gasteiger partial charge in [0.25, 0.3) is 5.91 Å². The second-order valence-electron chi connectivity index (χ2n) is 10.2. The minimum atomic E-state index is -0.891. The van der Waals surface area contributed by atoms with Gasteiger partial charge in [-0.05, 0) is 54.5 Å². The van der Waals surface area contributed by atoms with E-state index >= 15 is 0 Å². The number of nitrogens with zero attached hydrogens (tertiary/aromatic N) is 2. The highest BCUT2D eigenvalue weighted by Gasteiger charge is 2.52. The zero-order valence-corrected chi connectivity index (χ0v) is 20.3. The molecule has 3 aromatic rings. The molecule has 3 aliphatic rings. The number of rotatable bonds is 4. The number of benzene rings is 3. The first-order valence-electron chi connectivity index (χ1n) is 13.0. The minimum Gasteiger partial charge on any atom is -0.279 e. The van der Waals surface area contributed by atoms with Crippen molar-refractivity contribution in [3.8, 4) is 0 Å². The van der Waals surface area contributed by atoms with Crippen molar-refractivity contribution in [1.82, 2.24) is 4.90 Å². The highest BCUT2D eigenvalue weighted by Crippen LogP contribution is 2.41. The summed E-state index contributed by atoms with van der Waals surface area (Å²) in [4.78, 5) is 45.1. The van der Waals surface area contributed by atoms with Crippen LogP contribution in [0.15, 0.2) is 78.9 Å². The molecule has 0 unspecified atom stereocenters. The number of anilines is 2. The maximum atomic E-state index is 14.6. The molecule has 3 amide bonds. The maximum absolute atomic E-state index is 14.6. The molecule has 6 rings (SSSR count). The summed E-state index contributed by atoms with van der Waals surface area (Å²) in [5.41, 5.74) is 4.79. The lowest BCUT2D eigenvalue weighted by Crippen LogP contribution is -2.51. The summed E-state index contributed by atoms with van der Waals surface area (Å²) in [5, 5.41) is 0. The van der Waals surface area contributed by atoms with Crippen molar-refractivity contribution in [2.75, 3.05) is 4.90 Å². The Kier molecular flexibility index (Phi) is 5.92. The van der Waals surface area contributed by atoms with Crippen molar-refractivity contribution >= 4 is 29.1 Å². The van der Waals surface area contributed by atoms with Crippen molar-refractivity contribution in [3.05, 3.63) is 95.6 Å². The normalized spacial score (nSPS) is 21.9. The summed E-state index contributed by atoms with van der Waals surface area (Å²) in [6, 6.07) is 24.8. The molecule has 0 spiro atoms. The Morgan fingerprint density at radius 3 is 1.78 bits per heavy atom. The number of aryl methyl sites for hydroxylation is 2. The molecule has 5 heteroatoms. The van der Waals surface area contributed by atoms with Gasteiger partial charge in [0, 0.05) is 6.42 Å². The van der Waals surface area contributed by atoms with Gasteiger partial charge in [0.2, 0.25) is 11.8 Å². The van der Waals surface area contributed by atoms with Gasteiger partial charge in [-0.15, -0.1) is 0 Å². The van der Waals surface area contributed by atoms with Gasteiger partial charge in [-0.1, -0.05) is 79.6 Å². The monoisotopic (exact) mass is 478 g/mol. The summed E-state index contributed by atoms with van der Waals surface area (Å²) < 4.78 is 0. The lowest BCUT2D eigenvalue weighted by Gasteiger charge is -2.33. The molecular formula is C31H30N2O3. The predicted molar refractivity (Wildman–Crippen MR) is 139 cm³/mol. The number of hydrogen-bond donors (Lipinski definition) is 0. The molecule has 36 heavy (non-hydrogen) atoms. The Labute approximate surface area is 211 Å². The van der Waals surface area contributed by atoms with Gasteiger partial charge >= 0.3 is 0 Å². The van der Waals surface area contributed by atoms with Crippen molar-refractivity contribution in [2.45, 2.75) is 51.0 Å². The van der Waals surface area contributed by atoms with E-state index < -0.39 is 6.04 Å². The average molecular weight is 479 g/mol. The summed E-state index contributed by atoms with van der Waals surface area (Å²) in [5.74, 6) is -1.14. The van der Waals surface area contributed by atoms with Crippen LogP contribution in [0.2, 0.25) is 0 Å². The van der Waals surface area contributed by atoms with E-state index in [0.29, 0.717) is 6.42 Å². The molecule has 182 valence electrons. The second-order valence-corrected chi connectivity index (χ2v) is 10.2. The molecule has 0 bridgehead atoms. The molecule has 1 saturated heterocycles. The van der Waals surface area contributed by atoms with Crippen LogP contribution in [0, 0.1) is 11.8 Å². The van der Waals surface area contributed by atoms with E-state index in [0.717, 1.165) is 66.6 Å². The Balaban J connectivity index is 1.47. The first kappa shape index (κ1) is 22.7. The largest absolute Gasteiger partial charge is 0.279 e. The van der Waals surface area contributed by atoms with Crippen LogP contribution in [0.1, 0.15) is 42.4 Å². The van der Waals surface area contributed by atoms with Gasteiger partial charge < -0.3 is 0 Å². The zero-order valence-electron chi connectivity index (χ0n) is 20.3. The van der Waals surface area contributed by atoms with E-state index in [2.05, 4.69) is 12.1 Å². The summed E-state index contributed by atoms with van der Waals surface area (Å²) in [6.45, 7) is 0. The number of likely N-dealkylation sites (tertiary alicyclic amines) is 1. The molecule has 2 fully saturated rings. The Hall–Kier alpha value is -3.73. The van der Waals surface area contributed by atoms with Crippen molar-refractivity contribution in [1.29, 1.82) is 0 Å². The van der Waals surface area contributed by atoms with Crippen molar-refractivity contribution < 1.29 is 14.4 Å².